The van der Waals surface area contributed by atoms with Crippen LogP contribution < -0.4 is 0 Å². The van der Waals surface area contributed by atoms with Gasteiger partial charge in [-0.25, -0.2) is 4.79 Å². The molecule has 0 bridgehead atoms. The molecule has 0 N–H and O–H groups in total. The van der Waals surface area contributed by atoms with Gasteiger partial charge >= 0.3 is 5.97 Å². The van der Waals surface area contributed by atoms with Gasteiger partial charge in [-0.1, -0.05) is 90.5 Å². The first-order chi connectivity index (χ1) is 16.6. The molecule has 0 aliphatic carbocycles. The first-order valence-corrected chi connectivity index (χ1v) is 11.9. The van der Waals surface area contributed by atoms with E-state index >= 15 is 0 Å². The van der Waals surface area contributed by atoms with E-state index in [1.165, 1.54) is 0 Å². The van der Waals surface area contributed by atoms with Crippen molar-refractivity contribution in [2.45, 2.75) is 31.7 Å². The molecule has 34 heavy (non-hydrogen) atoms. The number of ether oxygens (including phenoxy) is 3. The van der Waals surface area contributed by atoms with E-state index in [0.717, 1.165) is 41.8 Å². The summed E-state index contributed by atoms with van der Waals surface area (Å²) in [5.74, 6) is -0.383. The third kappa shape index (κ3) is 5.73. The van der Waals surface area contributed by atoms with Crippen LogP contribution in [-0.2, 0) is 31.2 Å². The number of esters is 1. The molecule has 0 spiro atoms. The number of benzene rings is 3. The molecule has 1 fully saturated rings. The molecule has 178 valence electrons. The molecule has 2 unspecified atom stereocenters. The van der Waals surface area contributed by atoms with E-state index in [4.69, 9.17) is 14.2 Å². The van der Waals surface area contributed by atoms with Gasteiger partial charge in [-0.3, -0.25) is 0 Å². The van der Waals surface area contributed by atoms with Crippen LogP contribution in [0.1, 0.15) is 28.7 Å². The largest absolute Gasteiger partial charge is 0.458 e. The van der Waals surface area contributed by atoms with E-state index in [9.17, 15) is 4.79 Å². The van der Waals surface area contributed by atoms with Crippen LogP contribution in [0, 0.1) is 6.92 Å². The molecular formula is C29H33NO4. The van der Waals surface area contributed by atoms with Crippen molar-refractivity contribution in [1.29, 1.82) is 0 Å². The highest BCUT2D eigenvalue weighted by Crippen LogP contribution is 2.36. The highest BCUT2D eigenvalue weighted by atomic mass is 16.6. The molecule has 4 rings (SSSR count). The summed E-state index contributed by atoms with van der Waals surface area (Å²) >= 11 is 0. The highest BCUT2D eigenvalue weighted by Gasteiger charge is 2.46. The van der Waals surface area contributed by atoms with Crippen molar-refractivity contribution in [1.82, 2.24) is 4.90 Å². The number of hydrogen-bond acceptors (Lipinski definition) is 5. The Kier molecular flexibility index (Phi) is 8.12. The summed E-state index contributed by atoms with van der Waals surface area (Å²) in [6.45, 7) is 4.76. The summed E-state index contributed by atoms with van der Waals surface area (Å²) in [5.41, 5.74) is 2.34. The first kappa shape index (κ1) is 24.1. The zero-order chi connectivity index (χ0) is 23.8. The van der Waals surface area contributed by atoms with Crippen LogP contribution in [0.15, 0.2) is 84.9 Å². The van der Waals surface area contributed by atoms with E-state index in [-0.39, 0.29) is 18.7 Å². The van der Waals surface area contributed by atoms with Crippen LogP contribution in [-0.4, -0.2) is 50.3 Å². The molecule has 5 nitrogen and oxygen atoms in total. The van der Waals surface area contributed by atoms with Crippen molar-refractivity contribution in [3.05, 3.63) is 107 Å². The maximum Gasteiger partial charge on any atom is 0.348 e. The molecule has 5 heteroatoms. The molecule has 1 heterocycles. The number of likely N-dealkylation sites (N-methyl/N-ethyl adjacent to an activating group) is 1. The van der Waals surface area contributed by atoms with E-state index in [1.54, 1.807) is 0 Å². The van der Waals surface area contributed by atoms with Gasteiger partial charge in [0.15, 0.2) is 0 Å². The lowest BCUT2D eigenvalue weighted by Crippen LogP contribution is -2.44. The minimum Gasteiger partial charge on any atom is -0.458 e. The Morgan fingerprint density at radius 2 is 1.56 bits per heavy atom. The third-order valence-corrected chi connectivity index (χ3v) is 6.21. The van der Waals surface area contributed by atoms with Crippen molar-refractivity contribution < 1.29 is 19.0 Å². The molecule has 3 aromatic rings. The summed E-state index contributed by atoms with van der Waals surface area (Å²) in [4.78, 5) is 16.1. The van der Waals surface area contributed by atoms with Crippen LogP contribution in [0.2, 0.25) is 0 Å². The summed E-state index contributed by atoms with van der Waals surface area (Å²) in [6, 6.07) is 27.5. The molecular weight excluding hydrogens is 426 g/mol. The number of aryl methyl sites for hydroxylation is 1. The highest BCUT2D eigenvalue weighted by molar-refractivity contribution is 5.86. The SMILES string of the molecule is Cc1ccc(C(OCCOCc2ccccc2)(C(=O)OC2CCN(C)C2)c2ccccc2)cc1. The summed E-state index contributed by atoms with van der Waals surface area (Å²) in [5, 5.41) is 0. The van der Waals surface area contributed by atoms with Gasteiger partial charge in [0.1, 0.15) is 6.10 Å². The van der Waals surface area contributed by atoms with Gasteiger partial charge in [0.05, 0.1) is 19.8 Å². The van der Waals surface area contributed by atoms with Crippen LogP contribution in [0.4, 0.5) is 0 Å². The Balaban J connectivity index is 1.58. The van der Waals surface area contributed by atoms with Crippen molar-refractivity contribution in [2.75, 3.05) is 33.4 Å². The number of hydrogen-bond donors (Lipinski definition) is 0. The third-order valence-electron chi connectivity index (χ3n) is 6.21. The second kappa shape index (κ2) is 11.4. The summed E-state index contributed by atoms with van der Waals surface area (Å²) in [7, 11) is 2.04. The maximum absolute atomic E-state index is 13.9. The second-order valence-electron chi connectivity index (χ2n) is 8.88. The van der Waals surface area contributed by atoms with E-state index in [0.29, 0.717) is 13.2 Å². The molecule has 1 aliphatic rings. The lowest BCUT2D eigenvalue weighted by Gasteiger charge is -2.34. The number of carbonyl (C=O) groups excluding carboxylic acids is 1. The Labute approximate surface area is 202 Å². The van der Waals surface area contributed by atoms with Crippen LogP contribution in [0.25, 0.3) is 0 Å². The standard InChI is InChI=1S/C29H33NO4/c1-23-13-15-26(16-14-23)29(25-11-7-4-8-12-25,28(31)34-27-17-18-30(2)21-27)33-20-19-32-22-24-9-5-3-6-10-24/h3-16,27H,17-22H2,1-2H3. The van der Waals surface area contributed by atoms with Gasteiger partial charge < -0.3 is 19.1 Å². The predicted octanol–water partition coefficient (Wildman–Crippen LogP) is 4.72. The van der Waals surface area contributed by atoms with Crippen molar-refractivity contribution in [3.63, 3.8) is 0 Å². The van der Waals surface area contributed by atoms with E-state index < -0.39 is 5.60 Å². The minimum absolute atomic E-state index is 0.149. The zero-order valence-corrected chi connectivity index (χ0v) is 20.0. The molecule has 1 saturated heterocycles. The van der Waals surface area contributed by atoms with Gasteiger partial charge in [-0.2, -0.15) is 0 Å². The number of likely N-dealkylation sites (tertiary alicyclic amines) is 1. The fourth-order valence-corrected chi connectivity index (χ4v) is 4.33. The molecule has 2 atom stereocenters. The number of carbonyl (C=O) groups is 1. The first-order valence-electron chi connectivity index (χ1n) is 11.9. The van der Waals surface area contributed by atoms with Crippen molar-refractivity contribution >= 4 is 5.97 Å². The monoisotopic (exact) mass is 459 g/mol. The smallest absolute Gasteiger partial charge is 0.348 e. The normalized spacial score (nSPS) is 17.9. The van der Waals surface area contributed by atoms with Crippen LogP contribution in [0.5, 0.6) is 0 Å². The molecule has 3 aromatic carbocycles. The Bertz CT molecular complexity index is 1040. The molecule has 1 aliphatic heterocycles. The van der Waals surface area contributed by atoms with E-state index in [2.05, 4.69) is 4.90 Å². The van der Waals surface area contributed by atoms with Gasteiger partial charge in [-0.05, 0) is 37.1 Å². The summed E-state index contributed by atoms with van der Waals surface area (Å²) in [6.07, 6.45) is 0.672. The van der Waals surface area contributed by atoms with Crippen LogP contribution in [0.3, 0.4) is 0 Å². The van der Waals surface area contributed by atoms with Gasteiger partial charge in [0, 0.05) is 13.1 Å². The Hall–Kier alpha value is -2.99. The number of nitrogens with zero attached hydrogens (tertiary/aromatic N) is 1. The molecule has 0 radical (unpaired) electrons. The zero-order valence-electron chi connectivity index (χ0n) is 20.0. The van der Waals surface area contributed by atoms with Crippen molar-refractivity contribution in [3.8, 4) is 0 Å². The lowest BCUT2D eigenvalue weighted by molar-refractivity contribution is -0.175. The predicted molar refractivity (Wildman–Crippen MR) is 132 cm³/mol. The quantitative estimate of drug-likeness (QED) is 0.324. The second-order valence-corrected chi connectivity index (χ2v) is 8.88. The average Bonchev–Trinajstić information content (AvgIpc) is 3.27. The maximum atomic E-state index is 13.9. The molecule has 0 saturated carbocycles. The Morgan fingerprint density at radius 1 is 0.912 bits per heavy atom. The topological polar surface area (TPSA) is 48.0 Å². The summed E-state index contributed by atoms with van der Waals surface area (Å²) < 4.78 is 18.4. The van der Waals surface area contributed by atoms with Gasteiger partial charge in [0.2, 0.25) is 5.60 Å². The van der Waals surface area contributed by atoms with Gasteiger partial charge in [-0.15, -0.1) is 0 Å². The van der Waals surface area contributed by atoms with Crippen molar-refractivity contribution in [2.24, 2.45) is 0 Å². The Morgan fingerprint density at radius 3 is 2.21 bits per heavy atom. The lowest BCUT2D eigenvalue weighted by atomic mass is 9.85. The molecule has 0 aromatic heterocycles. The fourth-order valence-electron chi connectivity index (χ4n) is 4.33. The van der Waals surface area contributed by atoms with Gasteiger partial charge in [0.25, 0.3) is 0 Å². The van der Waals surface area contributed by atoms with E-state index in [1.807, 2.05) is 98.9 Å². The minimum atomic E-state index is -1.37. The average molecular weight is 460 g/mol. The van der Waals surface area contributed by atoms with Crippen LogP contribution >= 0.6 is 0 Å². The molecule has 0 amide bonds. The number of rotatable bonds is 10. The fraction of sp³-hybridized carbons (Fsp3) is 0.345.